The predicted molar refractivity (Wildman–Crippen MR) is 31.0 cm³/mol. The van der Waals surface area contributed by atoms with Crippen molar-refractivity contribution in [1.29, 1.82) is 0 Å². The van der Waals surface area contributed by atoms with Crippen LogP contribution in [-0.2, 0) is 0 Å². The fourth-order valence-corrected chi connectivity index (χ4v) is 0.482. The Morgan fingerprint density at radius 2 is 2.00 bits per heavy atom. The van der Waals surface area contributed by atoms with Gasteiger partial charge in [-0.2, -0.15) is 0 Å². The second kappa shape index (κ2) is 2.80. The topological polar surface area (TPSA) is 22.3 Å². The lowest BCUT2D eigenvalue weighted by Gasteiger charge is -1.90. The molecule has 0 aromatic carbocycles. The van der Waals surface area contributed by atoms with Crippen LogP contribution in [0.25, 0.3) is 0 Å². The summed E-state index contributed by atoms with van der Waals surface area (Å²) in [6, 6.07) is -0.287. The van der Waals surface area contributed by atoms with Crippen molar-refractivity contribution < 1.29 is 0 Å². The first kappa shape index (κ1) is 6.70. The molecule has 0 aromatic heterocycles. The van der Waals surface area contributed by atoms with Gasteiger partial charge in [0.2, 0.25) is 0 Å². The van der Waals surface area contributed by atoms with Gasteiger partial charge in [-0.3, -0.25) is 0 Å². The summed E-state index contributed by atoms with van der Waals surface area (Å²) in [5.74, 6) is 0. The third kappa shape index (κ3) is 5.70. The molecule has 0 aromatic rings. The van der Waals surface area contributed by atoms with Gasteiger partial charge in [-0.1, -0.05) is 11.6 Å². The van der Waals surface area contributed by atoms with E-state index in [0.717, 1.165) is 5.57 Å². The summed E-state index contributed by atoms with van der Waals surface area (Å²) >= 11 is 0. The smallest absolute Gasteiger partial charge is 0.0588 e. The van der Waals surface area contributed by atoms with Gasteiger partial charge >= 0.3 is 0 Å². The Labute approximate surface area is 45.2 Å². The Bertz CT molecular complexity index is 68.2. The molecule has 0 saturated heterocycles. The number of allylic oxidation sites excluding steroid dienone is 1. The number of hydrogen-bond acceptors (Lipinski definition) is 0. The van der Waals surface area contributed by atoms with Crippen LogP contribution in [0.15, 0.2) is 11.6 Å². The first-order valence-electron chi connectivity index (χ1n) is 2.46. The third-order valence-corrected chi connectivity index (χ3v) is 0.575. The van der Waals surface area contributed by atoms with Crippen LogP contribution in [0.3, 0.4) is 0 Å². The number of rotatable bonds is 1. The van der Waals surface area contributed by atoms with Gasteiger partial charge in [-0.25, -0.2) is 0 Å². The molecular formula is C6H11N. The van der Waals surface area contributed by atoms with Crippen LogP contribution in [0.2, 0.25) is 0 Å². The van der Waals surface area contributed by atoms with Crippen LogP contribution in [0.5, 0.6) is 0 Å². The van der Waals surface area contributed by atoms with Crippen molar-refractivity contribution in [3.63, 3.8) is 0 Å². The van der Waals surface area contributed by atoms with E-state index in [1.54, 1.807) is 13.0 Å². The second-order valence-electron chi connectivity index (χ2n) is 1.98. The van der Waals surface area contributed by atoms with Crippen LogP contribution in [-0.4, -0.2) is 6.04 Å². The molecule has 0 heterocycles. The minimum absolute atomic E-state index is 0.287. The van der Waals surface area contributed by atoms with Crippen LogP contribution < -0.4 is 5.73 Å². The first-order chi connectivity index (χ1) is 3.13. The monoisotopic (exact) mass is 97.1 g/mol. The zero-order valence-corrected chi connectivity index (χ0v) is 5.10. The van der Waals surface area contributed by atoms with E-state index in [0.29, 0.717) is 0 Å². The summed E-state index contributed by atoms with van der Waals surface area (Å²) in [6.07, 6.45) is 1.81. The van der Waals surface area contributed by atoms with Crippen molar-refractivity contribution in [2.75, 3.05) is 0 Å². The Morgan fingerprint density at radius 3 is 2.00 bits per heavy atom. The molecule has 40 valence electrons. The standard InChI is InChI=1S/C6H11N/c1-5(2)4-6(3)7/h4,6H,1-3H3. The summed E-state index contributed by atoms with van der Waals surface area (Å²) in [7, 11) is 0. The molecule has 2 radical (unpaired) electrons. The highest BCUT2D eigenvalue weighted by atomic mass is 14.6. The van der Waals surface area contributed by atoms with E-state index in [1.807, 2.05) is 13.8 Å². The van der Waals surface area contributed by atoms with Crippen LogP contribution in [0, 0.1) is 0 Å². The summed E-state index contributed by atoms with van der Waals surface area (Å²) in [5, 5.41) is 0. The highest BCUT2D eigenvalue weighted by molar-refractivity contribution is 4.97. The van der Waals surface area contributed by atoms with E-state index in [1.165, 1.54) is 0 Å². The average molecular weight is 97.2 g/mol. The van der Waals surface area contributed by atoms with Crippen LogP contribution in [0.4, 0.5) is 0 Å². The quantitative estimate of drug-likeness (QED) is 0.441. The molecule has 0 fully saturated rings. The van der Waals surface area contributed by atoms with Gasteiger partial charge in [0.15, 0.2) is 0 Å². The maximum atomic E-state index is 8.65. The Balaban J connectivity index is 3.45. The van der Waals surface area contributed by atoms with Gasteiger partial charge in [-0.05, 0) is 20.8 Å². The van der Waals surface area contributed by atoms with Crippen molar-refractivity contribution in [3.05, 3.63) is 11.6 Å². The van der Waals surface area contributed by atoms with E-state index in [4.69, 9.17) is 5.73 Å². The van der Waals surface area contributed by atoms with Gasteiger partial charge in [0.25, 0.3) is 0 Å². The van der Waals surface area contributed by atoms with Crippen LogP contribution in [0.1, 0.15) is 20.8 Å². The molecule has 1 atom stereocenters. The van der Waals surface area contributed by atoms with Crippen molar-refractivity contribution in [1.82, 2.24) is 5.73 Å². The summed E-state index contributed by atoms with van der Waals surface area (Å²) in [6.45, 7) is 5.67. The molecule has 0 amide bonds. The summed E-state index contributed by atoms with van der Waals surface area (Å²) in [5.41, 5.74) is 9.81. The maximum Gasteiger partial charge on any atom is 0.0588 e. The molecule has 0 aliphatic heterocycles. The average Bonchev–Trinajstić information content (AvgIpc) is 1.27. The van der Waals surface area contributed by atoms with Gasteiger partial charge in [0.05, 0.1) is 6.04 Å². The highest BCUT2D eigenvalue weighted by Gasteiger charge is 1.85. The first-order valence-corrected chi connectivity index (χ1v) is 2.46. The molecule has 0 aliphatic carbocycles. The SMILES string of the molecule is CC(C)=CC(C)[N]. The van der Waals surface area contributed by atoms with Crippen molar-refractivity contribution in [3.8, 4) is 0 Å². The van der Waals surface area contributed by atoms with Crippen molar-refractivity contribution in [2.45, 2.75) is 26.8 Å². The largest absolute Gasteiger partial charge is 0.137 e. The Kier molecular flexibility index (Phi) is 2.68. The molecule has 0 rings (SSSR count). The van der Waals surface area contributed by atoms with Crippen molar-refractivity contribution >= 4 is 0 Å². The summed E-state index contributed by atoms with van der Waals surface area (Å²) < 4.78 is 0. The van der Waals surface area contributed by atoms with Gasteiger partial charge < -0.3 is 0 Å². The molecule has 1 heteroatoms. The minimum Gasteiger partial charge on any atom is -0.137 e. The van der Waals surface area contributed by atoms with E-state index in [-0.39, 0.29) is 6.04 Å². The Morgan fingerprint density at radius 1 is 1.57 bits per heavy atom. The lowest BCUT2D eigenvalue weighted by Crippen LogP contribution is -1.95. The molecule has 0 aliphatic rings. The molecular weight excluding hydrogens is 86.1 g/mol. The maximum absolute atomic E-state index is 8.65. The molecule has 0 bridgehead atoms. The molecule has 1 nitrogen and oxygen atoms in total. The third-order valence-electron chi connectivity index (χ3n) is 0.575. The van der Waals surface area contributed by atoms with Gasteiger partial charge in [0.1, 0.15) is 0 Å². The predicted octanol–water partition coefficient (Wildman–Crippen LogP) is 1.41. The van der Waals surface area contributed by atoms with Crippen LogP contribution >= 0.6 is 0 Å². The van der Waals surface area contributed by atoms with Gasteiger partial charge in [0, 0.05) is 0 Å². The van der Waals surface area contributed by atoms with E-state index >= 15 is 0 Å². The number of hydrogen-bond donors (Lipinski definition) is 0. The molecule has 0 spiro atoms. The zero-order valence-electron chi connectivity index (χ0n) is 5.10. The summed E-state index contributed by atoms with van der Waals surface area (Å²) in [4.78, 5) is 0. The fourth-order valence-electron chi connectivity index (χ4n) is 0.482. The molecule has 0 N–H and O–H groups in total. The van der Waals surface area contributed by atoms with Gasteiger partial charge in [-0.15, -0.1) is 5.73 Å². The van der Waals surface area contributed by atoms with E-state index in [2.05, 4.69) is 0 Å². The van der Waals surface area contributed by atoms with E-state index in [9.17, 15) is 0 Å². The lowest BCUT2D eigenvalue weighted by molar-refractivity contribution is 0.880. The minimum atomic E-state index is -0.287. The fraction of sp³-hybridized carbons (Fsp3) is 0.667. The molecule has 7 heavy (non-hydrogen) atoms. The number of nitrogens with zero attached hydrogens (tertiary/aromatic N) is 1. The lowest BCUT2D eigenvalue weighted by atomic mass is 10.2. The molecule has 1 unspecified atom stereocenters. The second-order valence-corrected chi connectivity index (χ2v) is 1.98. The molecule has 0 saturated carbocycles. The van der Waals surface area contributed by atoms with Crippen molar-refractivity contribution in [2.24, 2.45) is 0 Å². The highest BCUT2D eigenvalue weighted by Crippen LogP contribution is 1.90. The zero-order chi connectivity index (χ0) is 5.86. The van der Waals surface area contributed by atoms with E-state index < -0.39 is 0 Å². The Hall–Kier alpha value is -0.300. The normalized spacial score (nSPS) is 13.1.